The van der Waals surface area contributed by atoms with Gasteiger partial charge >= 0.3 is 0 Å². The summed E-state index contributed by atoms with van der Waals surface area (Å²) in [6.07, 6.45) is 0. The molecule has 0 atom stereocenters. The molecule has 1 heterocycles. The van der Waals surface area contributed by atoms with Crippen molar-refractivity contribution in [2.75, 3.05) is 18.6 Å². The summed E-state index contributed by atoms with van der Waals surface area (Å²) < 4.78 is 11.7. The van der Waals surface area contributed by atoms with Crippen molar-refractivity contribution >= 4 is 27.5 Å². The molecule has 24 heavy (non-hydrogen) atoms. The minimum atomic E-state index is -0.0579. The molecular formula is C19H22BrNO3. The van der Waals surface area contributed by atoms with Crippen LogP contribution >= 0.6 is 15.9 Å². The predicted molar refractivity (Wildman–Crippen MR) is 99.9 cm³/mol. The standard InChI is InChI=1S/C17H16BrNO3.C2H6/c1-11-3-5-12(6-4-11)9-19-14-8-15(21-2)13(18)7-16(14)22-10-17(19)20;1-2/h3-8H,9-10H2,1-2H3;1-2H3. The second kappa shape index (κ2) is 8.20. The van der Waals surface area contributed by atoms with Crippen molar-refractivity contribution in [1.29, 1.82) is 0 Å². The molecule has 2 aromatic carbocycles. The topological polar surface area (TPSA) is 38.8 Å². The third kappa shape index (κ3) is 3.90. The molecule has 3 rings (SSSR count). The minimum Gasteiger partial charge on any atom is -0.495 e. The number of carbonyl (C=O) groups excluding carboxylic acids is 1. The fraction of sp³-hybridized carbons (Fsp3) is 0.316. The number of methoxy groups -OCH3 is 1. The van der Waals surface area contributed by atoms with Crippen LogP contribution in [0.2, 0.25) is 0 Å². The Morgan fingerprint density at radius 1 is 1.21 bits per heavy atom. The molecule has 4 nitrogen and oxygen atoms in total. The molecule has 1 amide bonds. The molecule has 1 aliphatic rings. The first-order valence-corrected chi connectivity index (χ1v) is 8.74. The normalized spacial score (nSPS) is 12.7. The van der Waals surface area contributed by atoms with Gasteiger partial charge in [0.15, 0.2) is 6.61 Å². The van der Waals surface area contributed by atoms with E-state index in [0.29, 0.717) is 18.0 Å². The number of ether oxygens (including phenoxy) is 2. The highest BCUT2D eigenvalue weighted by Crippen LogP contribution is 2.40. The van der Waals surface area contributed by atoms with Crippen molar-refractivity contribution in [3.05, 3.63) is 52.0 Å². The molecule has 2 aromatic rings. The lowest BCUT2D eigenvalue weighted by Gasteiger charge is -2.30. The smallest absolute Gasteiger partial charge is 0.265 e. The van der Waals surface area contributed by atoms with E-state index in [4.69, 9.17) is 9.47 Å². The van der Waals surface area contributed by atoms with Gasteiger partial charge in [-0.25, -0.2) is 0 Å². The molecule has 0 spiro atoms. The Morgan fingerprint density at radius 2 is 1.88 bits per heavy atom. The summed E-state index contributed by atoms with van der Waals surface area (Å²) in [4.78, 5) is 14.0. The van der Waals surface area contributed by atoms with Gasteiger partial charge in [0, 0.05) is 12.1 Å². The molecule has 0 radical (unpaired) electrons. The van der Waals surface area contributed by atoms with E-state index in [1.165, 1.54) is 5.56 Å². The lowest BCUT2D eigenvalue weighted by Crippen LogP contribution is -2.38. The number of nitrogens with zero attached hydrogens (tertiary/aromatic N) is 1. The van der Waals surface area contributed by atoms with Gasteiger partial charge in [0.05, 0.1) is 23.8 Å². The van der Waals surface area contributed by atoms with Crippen LogP contribution in [0.3, 0.4) is 0 Å². The minimum absolute atomic E-state index is 0.0532. The first kappa shape index (κ1) is 18.3. The lowest BCUT2D eigenvalue weighted by molar-refractivity contribution is -0.121. The quantitative estimate of drug-likeness (QED) is 0.759. The monoisotopic (exact) mass is 391 g/mol. The van der Waals surface area contributed by atoms with E-state index in [2.05, 4.69) is 15.9 Å². The van der Waals surface area contributed by atoms with Crippen LogP contribution in [-0.4, -0.2) is 19.6 Å². The summed E-state index contributed by atoms with van der Waals surface area (Å²) in [6, 6.07) is 11.8. The third-order valence-electron chi connectivity index (χ3n) is 3.64. The number of halogens is 1. The highest BCUT2D eigenvalue weighted by Gasteiger charge is 2.27. The van der Waals surface area contributed by atoms with E-state index in [9.17, 15) is 4.79 Å². The molecule has 0 fully saturated rings. The molecule has 0 saturated carbocycles. The molecule has 0 N–H and O–H groups in total. The van der Waals surface area contributed by atoms with Crippen LogP contribution < -0.4 is 14.4 Å². The number of benzene rings is 2. The number of amides is 1. The molecule has 0 unspecified atom stereocenters. The highest BCUT2D eigenvalue weighted by atomic mass is 79.9. The Hall–Kier alpha value is -2.01. The van der Waals surface area contributed by atoms with E-state index >= 15 is 0 Å². The maximum Gasteiger partial charge on any atom is 0.265 e. The predicted octanol–water partition coefficient (Wildman–Crippen LogP) is 4.72. The van der Waals surface area contributed by atoms with Crippen molar-refractivity contribution in [3.63, 3.8) is 0 Å². The molecule has 0 aromatic heterocycles. The first-order chi connectivity index (χ1) is 11.6. The zero-order valence-electron chi connectivity index (χ0n) is 14.4. The highest BCUT2D eigenvalue weighted by molar-refractivity contribution is 9.10. The van der Waals surface area contributed by atoms with Crippen LogP contribution in [0.1, 0.15) is 25.0 Å². The summed E-state index contributed by atoms with van der Waals surface area (Å²) in [5.74, 6) is 1.29. The van der Waals surface area contributed by atoms with Gasteiger partial charge < -0.3 is 14.4 Å². The van der Waals surface area contributed by atoms with Crippen LogP contribution in [0.15, 0.2) is 40.9 Å². The molecule has 5 heteroatoms. The SMILES string of the molecule is CC.COc1cc2c(cc1Br)OCC(=O)N2Cc1ccc(C)cc1. The van der Waals surface area contributed by atoms with Crippen LogP contribution in [0.25, 0.3) is 0 Å². The third-order valence-corrected chi connectivity index (χ3v) is 4.26. The van der Waals surface area contributed by atoms with E-state index in [-0.39, 0.29) is 12.5 Å². The maximum atomic E-state index is 12.3. The zero-order chi connectivity index (χ0) is 17.7. The Bertz CT molecular complexity index is 713. The largest absolute Gasteiger partial charge is 0.495 e. The van der Waals surface area contributed by atoms with Crippen LogP contribution in [0.5, 0.6) is 11.5 Å². The maximum absolute atomic E-state index is 12.3. The molecule has 128 valence electrons. The van der Waals surface area contributed by atoms with E-state index in [0.717, 1.165) is 15.7 Å². The van der Waals surface area contributed by atoms with Crippen LogP contribution in [0, 0.1) is 6.92 Å². The summed E-state index contributed by atoms with van der Waals surface area (Å²) >= 11 is 3.44. The molecule has 0 aliphatic carbocycles. The van der Waals surface area contributed by atoms with Crippen LogP contribution in [0.4, 0.5) is 5.69 Å². The number of aryl methyl sites for hydroxylation is 1. The average molecular weight is 392 g/mol. The van der Waals surface area contributed by atoms with Crippen LogP contribution in [-0.2, 0) is 11.3 Å². The molecule has 0 saturated heterocycles. The van der Waals surface area contributed by atoms with E-state index in [1.807, 2.05) is 57.2 Å². The second-order valence-electron chi connectivity index (χ2n) is 5.21. The van der Waals surface area contributed by atoms with Gasteiger partial charge in [-0.05, 0) is 28.4 Å². The number of carbonyl (C=O) groups is 1. The Labute approximate surface area is 151 Å². The van der Waals surface area contributed by atoms with Gasteiger partial charge in [0.25, 0.3) is 5.91 Å². The zero-order valence-corrected chi connectivity index (χ0v) is 16.0. The van der Waals surface area contributed by atoms with Gasteiger partial charge in [-0.1, -0.05) is 43.7 Å². The fourth-order valence-corrected chi connectivity index (χ4v) is 2.89. The Morgan fingerprint density at radius 3 is 2.50 bits per heavy atom. The van der Waals surface area contributed by atoms with Gasteiger partial charge in [-0.15, -0.1) is 0 Å². The Kier molecular flexibility index (Phi) is 6.26. The van der Waals surface area contributed by atoms with Crippen molar-refractivity contribution in [2.45, 2.75) is 27.3 Å². The van der Waals surface area contributed by atoms with E-state index < -0.39 is 0 Å². The van der Waals surface area contributed by atoms with E-state index in [1.54, 1.807) is 12.0 Å². The first-order valence-electron chi connectivity index (χ1n) is 7.94. The number of hydrogen-bond donors (Lipinski definition) is 0. The van der Waals surface area contributed by atoms with Gasteiger partial charge in [-0.3, -0.25) is 4.79 Å². The number of anilines is 1. The van der Waals surface area contributed by atoms with Crippen molar-refractivity contribution in [3.8, 4) is 11.5 Å². The molecular weight excluding hydrogens is 370 g/mol. The van der Waals surface area contributed by atoms with Crippen molar-refractivity contribution in [2.24, 2.45) is 0 Å². The summed E-state index contributed by atoms with van der Waals surface area (Å²) in [5, 5.41) is 0. The number of rotatable bonds is 3. The van der Waals surface area contributed by atoms with Crippen molar-refractivity contribution < 1.29 is 14.3 Å². The number of hydrogen-bond acceptors (Lipinski definition) is 3. The average Bonchev–Trinajstić information content (AvgIpc) is 2.60. The summed E-state index contributed by atoms with van der Waals surface area (Å²) in [5.41, 5.74) is 3.01. The fourth-order valence-electron chi connectivity index (χ4n) is 2.41. The van der Waals surface area contributed by atoms with Gasteiger partial charge in [0.1, 0.15) is 11.5 Å². The summed E-state index contributed by atoms with van der Waals surface area (Å²) in [7, 11) is 1.60. The van der Waals surface area contributed by atoms with Crippen molar-refractivity contribution in [1.82, 2.24) is 0 Å². The molecule has 0 bridgehead atoms. The lowest BCUT2D eigenvalue weighted by atomic mass is 10.1. The second-order valence-corrected chi connectivity index (χ2v) is 6.06. The van der Waals surface area contributed by atoms with Gasteiger partial charge in [0.2, 0.25) is 0 Å². The molecule has 1 aliphatic heterocycles. The summed E-state index contributed by atoms with van der Waals surface area (Å²) in [6.45, 7) is 6.61. The number of fused-ring (bicyclic) bond motifs is 1. The van der Waals surface area contributed by atoms with Gasteiger partial charge in [-0.2, -0.15) is 0 Å². The Balaban J connectivity index is 0.00000100.